The van der Waals surface area contributed by atoms with E-state index in [9.17, 15) is 4.79 Å². The van der Waals surface area contributed by atoms with E-state index in [1.54, 1.807) is 4.57 Å². The van der Waals surface area contributed by atoms with Crippen molar-refractivity contribution >= 4 is 28.7 Å². The van der Waals surface area contributed by atoms with Crippen molar-refractivity contribution in [1.82, 2.24) is 25.1 Å². The molecule has 31 heavy (non-hydrogen) atoms. The van der Waals surface area contributed by atoms with E-state index in [-0.39, 0.29) is 11.7 Å². The van der Waals surface area contributed by atoms with Gasteiger partial charge in [-0.25, -0.2) is 4.98 Å². The Kier molecular flexibility index (Phi) is 6.56. The van der Waals surface area contributed by atoms with Crippen LogP contribution in [0.5, 0.6) is 0 Å². The van der Waals surface area contributed by atoms with Crippen LogP contribution in [0.4, 0.5) is 0 Å². The first-order valence-corrected chi connectivity index (χ1v) is 11.7. The lowest BCUT2D eigenvalue weighted by Crippen LogP contribution is -2.27. The smallest absolute Gasteiger partial charge is 0.230 e. The zero-order valence-electron chi connectivity index (χ0n) is 18.0. The highest BCUT2D eigenvalue weighted by Gasteiger charge is 2.16. The highest BCUT2D eigenvalue weighted by molar-refractivity contribution is 7.99. The molecular formula is C23H28N6OS. The summed E-state index contributed by atoms with van der Waals surface area (Å²) in [6.45, 7) is 4.57. The van der Waals surface area contributed by atoms with Gasteiger partial charge in [-0.2, -0.15) is 5.10 Å². The minimum atomic E-state index is -0.0242. The minimum absolute atomic E-state index is 0.0242. The maximum absolute atomic E-state index is 12.5. The maximum Gasteiger partial charge on any atom is 0.230 e. The second-order valence-electron chi connectivity index (χ2n) is 7.96. The fourth-order valence-corrected chi connectivity index (χ4v) is 4.75. The fraction of sp³-hybridized carbons (Fsp3) is 0.391. The number of H-pyrrole nitrogens is 1. The molecule has 2 heterocycles. The number of rotatable bonds is 7. The van der Waals surface area contributed by atoms with E-state index >= 15 is 0 Å². The van der Waals surface area contributed by atoms with E-state index in [0.717, 1.165) is 36.2 Å². The van der Waals surface area contributed by atoms with Crippen molar-refractivity contribution in [3.05, 3.63) is 52.7 Å². The molecule has 1 aliphatic rings. The lowest BCUT2D eigenvalue weighted by molar-refractivity contribution is -0.118. The molecule has 4 rings (SSSR count). The second kappa shape index (κ2) is 9.51. The molecule has 0 bridgehead atoms. The predicted octanol–water partition coefficient (Wildman–Crippen LogP) is 3.94. The molecule has 1 aliphatic carbocycles. The Bertz CT molecular complexity index is 1190. The molecular weight excluding hydrogens is 408 g/mol. The zero-order chi connectivity index (χ0) is 21.8. The van der Waals surface area contributed by atoms with Crippen LogP contribution in [0.3, 0.4) is 0 Å². The number of aryl methyl sites for hydroxylation is 2. The van der Waals surface area contributed by atoms with Crippen molar-refractivity contribution in [2.24, 2.45) is 0 Å². The molecule has 3 aromatic rings. The summed E-state index contributed by atoms with van der Waals surface area (Å²) in [7, 11) is 0. The van der Waals surface area contributed by atoms with E-state index in [1.807, 2.05) is 38.1 Å². The number of amides is 1. The Balaban J connectivity index is 1.52. The van der Waals surface area contributed by atoms with Gasteiger partial charge < -0.3 is 5.32 Å². The third-order valence-corrected chi connectivity index (χ3v) is 6.47. The number of carbonyl (C=O) groups excluding carboxylic acids is 1. The number of aromatic amines is 1. The van der Waals surface area contributed by atoms with Gasteiger partial charge in [-0.05, 0) is 63.6 Å². The van der Waals surface area contributed by atoms with Gasteiger partial charge in [-0.3, -0.25) is 19.9 Å². The Labute approximate surface area is 185 Å². The van der Waals surface area contributed by atoms with Crippen LogP contribution in [-0.2, 0) is 4.79 Å². The van der Waals surface area contributed by atoms with E-state index < -0.39 is 0 Å². The molecule has 0 atom stereocenters. The largest absolute Gasteiger partial charge is 0.355 e. The second-order valence-corrected chi connectivity index (χ2v) is 8.90. The molecule has 0 radical (unpaired) electrons. The lowest BCUT2D eigenvalue weighted by atomic mass is 9.97. The number of hydrogen-bond donors (Lipinski definition) is 3. The summed E-state index contributed by atoms with van der Waals surface area (Å²) in [6.07, 6.45) is 8.08. The van der Waals surface area contributed by atoms with Crippen LogP contribution >= 0.6 is 11.8 Å². The summed E-state index contributed by atoms with van der Waals surface area (Å²) >= 11 is 1.33. The van der Waals surface area contributed by atoms with Gasteiger partial charge in [0.15, 0.2) is 10.8 Å². The molecule has 2 aromatic heterocycles. The number of carbonyl (C=O) groups is 1. The van der Waals surface area contributed by atoms with Gasteiger partial charge in [-0.15, -0.1) is 0 Å². The average molecular weight is 437 g/mol. The molecule has 0 unspecified atom stereocenters. The van der Waals surface area contributed by atoms with Crippen molar-refractivity contribution < 1.29 is 4.79 Å². The number of allylic oxidation sites excluding steroid dienone is 1. The van der Waals surface area contributed by atoms with Crippen LogP contribution in [0.2, 0.25) is 0 Å². The van der Waals surface area contributed by atoms with Crippen LogP contribution < -0.4 is 10.8 Å². The van der Waals surface area contributed by atoms with Crippen LogP contribution in [-0.4, -0.2) is 38.0 Å². The van der Waals surface area contributed by atoms with E-state index in [4.69, 9.17) is 5.41 Å². The number of aromatic nitrogens is 4. The van der Waals surface area contributed by atoms with Gasteiger partial charge in [0.25, 0.3) is 0 Å². The van der Waals surface area contributed by atoms with Gasteiger partial charge in [0.2, 0.25) is 5.91 Å². The Morgan fingerprint density at radius 3 is 2.97 bits per heavy atom. The topological polar surface area (TPSA) is 99.4 Å². The number of benzene rings is 1. The van der Waals surface area contributed by atoms with E-state index in [1.165, 1.54) is 30.2 Å². The van der Waals surface area contributed by atoms with Gasteiger partial charge in [0.05, 0.1) is 11.1 Å². The van der Waals surface area contributed by atoms with Crippen molar-refractivity contribution in [1.29, 1.82) is 5.41 Å². The Hall–Kier alpha value is -2.87. The third kappa shape index (κ3) is 4.90. The van der Waals surface area contributed by atoms with Crippen molar-refractivity contribution in [2.45, 2.75) is 51.1 Å². The minimum Gasteiger partial charge on any atom is -0.355 e. The predicted molar refractivity (Wildman–Crippen MR) is 123 cm³/mol. The van der Waals surface area contributed by atoms with Crippen LogP contribution in [0, 0.1) is 19.3 Å². The van der Waals surface area contributed by atoms with Gasteiger partial charge in [0, 0.05) is 17.9 Å². The molecule has 1 amide bonds. The normalized spacial score (nSPS) is 13.9. The Morgan fingerprint density at radius 1 is 1.32 bits per heavy atom. The molecule has 0 spiro atoms. The lowest BCUT2D eigenvalue weighted by Gasteiger charge is -2.14. The summed E-state index contributed by atoms with van der Waals surface area (Å²) in [6, 6.07) is 7.95. The molecule has 162 valence electrons. The summed E-state index contributed by atoms with van der Waals surface area (Å²) < 4.78 is 1.79. The Morgan fingerprint density at radius 2 is 2.19 bits per heavy atom. The molecule has 0 fully saturated rings. The van der Waals surface area contributed by atoms with Crippen molar-refractivity contribution in [3.8, 4) is 5.69 Å². The highest BCUT2D eigenvalue weighted by atomic mass is 32.2. The van der Waals surface area contributed by atoms with Gasteiger partial charge >= 0.3 is 0 Å². The summed E-state index contributed by atoms with van der Waals surface area (Å²) in [5.74, 6) is 0.218. The first-order chi connectivity index (χ1) is 15.0. The fourth-order valence-electron chi connectivity index (χ4n) is 3.91. The SMILES string of the molecule is Cc1cccc(-n2c(SCC(=O)NCCC3=CCCCC3)nc3n[nH]c(C)c3c2=N)c1. The standard InChI is InChI=1S/C23H28N6OS/c1-15-7-6-10-18(13-15)29-21(24)20-16(2)27-28-22(20)26-23(29)31-14-19(30)25-12-11-17-8-4-3-5-9-17/h6-8,10,13,24H,3-5,9,11-12,14H2,1-2H3,(H,25,30)(H,27,28). The molecule has 0 saturated carbocycles. The van der Waals surface area contributed by atoms with E-state index in [0.29, 0.717) is 28.2 Å². The molecule has 0 aliphatic heterocycles. The third-order valence-electron chi connectivity index (χ3n) is 5.53. The highest BCUT2D eigenvalue weighted by Crippen LogP contribution is 2.22. The van der Waals surface area contributed by atoms with Gasteiger partial charge in [0.1, 0.15) is 5.49 Å². The number of nitrogens with zero attached hydrogens (tertiary/aromatic N) is 3. The van der Waals surface area contributed by atoms with E-state index in [2.05, 4.69) is 26.6 Å². The number of nitrogens with one attached hydrogen (secondary N) is 3. The van der Waals surface area contributed by atoms with Crippen molar-refractivity contribution in [2.75, 3.05) is 12.3 Å². The van der Waals surface area contributed by atoms with Gasteiger partial charge in [-0.1, -0.05) is 35.5 Å². The van der Waals surface area contributed by atoms with Crippen LogP contribution in [0.15, 0.2) is 41.1 Å². The van der Waals surface area contributed by atoms with Crippen molar-refractivity contribution in [3.63, 3.8) is 0 Å². The summed E-state index contributed by atoms with van der Waals surface area (Å²) in [5, 5.41) is 20.2. The summed E-state index contributed by atoms with van der Waals surface area (Å²) in [4.78, 5) is 17.1. The van der Waals surface area contributed by atoms with Crippen LogP contribution in [0.1, 0.15) is 43.4 Å². The molecule has 7 nitrogen and oxygen atoms in total. The maximum atomic E-state index is 12.5. The average Bonchev–Trinajstić information content (AvgIpc) is 3.14. The molecule has 3 N–H and O–H groups in total. The molecule has 0 saturated heterocycles. The first-order valence-electron chi connectivity index (χ1n) is 10.7. The quantitative estimate of drug-likeness (QED) is 0.297. The first kappa shape index (κ1) is 21.4. The van der Waals surface area contributed by atoms with Crippen LogP contribution in [0.25, 0.3) is 16.7 Å². The number of fused-ring (bicyclic) bond motifs is 1. The number of thioether (sulfide) groups is 1. The molecule has 1 aromatic carbocycles. The molecule has 8 heteroatoms. The monoisotopic (exact) mass is 436 g/mol. The summed E-state index contributed by atoms with van der Waals surface area (Å²) in [5.41, 5.74) is 5.02. The number of hydrogen-bond acceptors (Lipinski definition) is 5. The zero-order valence-corrected chi connectivity index (χ0v) is 18.8.